The Morgan fingerprint density at radius 2 is 1.94 bits per heavy atom. The van der Waals surface area contributed by atoms with Crippen molar-refractivity contribution in [2.24, 2.45) is 0 Å². The first-order valence-corrected chi connectivity index (χ1v) is 8.09. The number of nitrogens with zero attached hydrogens (tertiary/aromatic N) is 1. The average molecular weight is 334 g/mol. The molecule has 1 N–H and O–H groups in total. The second-order valence-electron chi connectivity index (χ2n) is 4.55. The van der Waals surface area contributed by atoms with Crippen LogP contribution in [0.25, 0.3) is 0 Å². The van der Waals surface area contributed by atoms with Gasteiger partial charge in [0.05, 0.1) is 11.0 Å². The van der Waals surface area contributed by atoms with E-state index in [9.17, 15) is 13.5 Å². The van der Waals surface area contributed by atoms with E-state index in [1.165, 1.54) is 4.31 Å². The van der Waals surface area contributed by atoms with Gasteiger partial charge in [0.1, 0.15) is 0 Å². The topological polar surface area (TPSA) is 57.6 Å². The van der Waals surface area contributed by atoms with Crippen molar-refractivity contribution in [1.29, 1.82) is 0 Å². The van der Waals surface area contributed by atoms with Gasteiger partial charge < -0.3 is 5.11 Å². The van der Waals surface area contributed by atoms with Gasteiger partial charge >= 0.3 is 0 Å². The van der Waals surface area contributed by atoms with E-state index in [0.29, 0.717) is 30.8 Å². The summed E-state index contributed by atoms with van der Waals surface area (Å²) in [6.07, 6.45) is 0.645. The third-order valence-corrected chi connectivity index (χ3v) is 5.73. The van der Waals surface area contributed by atoms with Crippen molar-refractivity contribution in [3.05, 3.63) is 28.2 Å². The maximum atomic E-state index is 12.5. The summed E-state index contributed by atoms with van der Waals surface area (Å²) >= 11 is 3.33. The second-order valence-corrected chi connectivity index (χ2v) is 7.37. The van der Waals surface area contributed by atoms with Crippen LogP contribution in [0.4, 0.5) is 0 Å². The van der Waals surface area contributed by atoms with Gasteiger partial charge in [-0.15, -0.1) is 0 Å². The van der Waals surface area contributed by atoms with E-state index < -0.39 is 10.0 Å². The van der Waals surface area contributed by atoms with Gasteiger partial charge in [-0.2, -0.15) is 4.31 Å². The van der Waals surface area contributed by atoms with Gasteiger partial charge in [0.25, 0.3) is 0 Å². The summed E-state index contributed by atoms with van der Waals surface area (Å²) in [7, 11) is -3.43. The molecule has 1 saturated heterocycles. The second kappa shape index (κ2) is 5.28. The Bertz CT molecular complexity index is 536. The third kappa shape index (κ3) is 2.77. The smallest absolute Gasteiger partial charge is 0.243 e. The molecule has 1 aliphatic rings. The van der Waals surface area contributed by atoms with Gasteiger partial charge in [-0.05, 0) is 43.5 Å². The molecule has 0 bridgehead atoms. The van der Waals surface area contributed by atoms with Gasteiger partial charge in [-0.1, -0.05) is 15.9 Å². The van der Waals surface area contributed by atoms with Gasteiger partial charge in [-0.3, -0.25) is 0 Å². The van der Waals surface area contributed by atoms with Crippen LogP contribution in [0, 0.1) is 6.92 Å². The Morgan fingerprint density at radius 3 is 2.50 bits per heavy atom. The molecule has 1 aliphatic heterocycles. The van der Waals surface area contributed by atoms with Crippen molar-refractivity contribution in [3.8, 4) is 0 Å². The molecule has 0 saturated carbocycles. The van der Waals surface area contributed by atoms with Gasteiger partial charge in [0, 0.05) is 17.6 Å². The number of hydrogen-bond acceptors (Lipinski definition) is 3. The molecule has 6 heteroatoms. The minimum Gasteiger partial charge on any atom is -0.393 e. The first kappa shape index (κ1) is 14.0. The molecular formula is C12H16BrNO3S. The van der Waals surface area contributed by atoms with E-state index in [0.717, 1.165) is 10.0 Å². The van der Waals surface area contributed by atoms with Crippen LogP contribution in [-0.4, -0.2) is 37.0 Å². The molecule has 1 aromatic rings. The van der Waals surface area contributed by atoms with Crippen LogP contribution in [-0.2, 0) is 10.0 Å². The Morgan fingerprint density at radius 1 is 1.33 bits per heavy atom. The van der Waals surface area contributed by atoms with Crippen LogP contribution in [0.3, 0.4) is 0 Å². The molecule has 1 aromatic carbocycles. The molecule has 2 rings (SSSR count). The first-order valence-electron chi connectivity index (χ1n) is 5.85. The first-order chi connectivity index (χ1) is 8.41. The summed E-state index contributed by atoms with van der Waals surface area (Å²) in [5.41, 5.74) is 0.732. The van der Waals surface area contributed by atoms with Crippen molar-refractivity contribution < 1.29 is 13.5 Å². The minimum absolute atomic E-state index is 0.349. The van der Waals surface area contributed by atoms with E-state index in [-0.39, 0.29) is 6.10 Å². The number of aliphatic hydroxyl groups is 1. The van der Waals surface area contributed by atoms with Crippen molar-refractivity contribution in [1.82, 2.24) is 4.31 Å². The van der Waals surface area contributed by atoms with E-state index in [2.05, 4.69) is 15.9 Å². The van der Waals surface area contributed by atoms with Gasteiger partial charge in [-0.25, -0.2) is 8.42 Å². The predicted molar refractivity (Wildman–Crippen MR) is 72.9 cm³/mol. The maximum Gasteiger partial charge on any atom is 0.243 e. The number of hydrogen-bond donors (Lipinski definition) is 1. The maximum absolute atomic E-state index is 12.5. The highest BCUT2D eigenvalue weighted by Crippen LogP contribution is 2.25. The monoisotopic (exact) mass is 333 g/mol. The molecule has 100 valence electrons. The fourth-order valence-corrected chi connectivity index (χ4v) is 4.27. The molecule has 0 aromatic heterocycles. The Kier molecular flexibility index (Phi) is 4.11. The summed E-state index contributed by atoms with van der Waals surface area (Å²) < 4.78 is 27.2. The van der Waals surface area contributed by atoms with E-state index in [4.69, 9.17) is 0 Å². The van der Waals surface area contributed by atoms with Gasteiger partial charge in [0.2, 0.25) is 10.0 Å². The fraction of sp³-hybridized carbons (Fsp3) is 0.500. The molecule has 18 heavy (non-hydrogen) atoms. The number of piperidine rings is 1. The largest absolute Gasteiger partial charge is 0.393 e. The van der Waals surface area contributed by atoms with Crippen LogP contribution in [0.1, 0.15) is 18.4 Å². The summed E-state index contributed by atoms with van der Waals surface area (Å²) in [5, 5.41) is 9.43. The highest BCUT2D eigenvalue weighted by atomic mass is 79.9. The molecule has 1 fully saturated rings. The quantitative estimate of drug-likeness (QED) is 0.899. The third-order valence-electron chi connectivity index (χ3n) is 3.18. The lowest BCUT2D eigenvalue weighted by Gasteiger charge is -2.29. The fourth-order valence-electron chi connectivity index (χ4n) is 2.12. The number of benzene rings is 1. The minimum atomic E-state index is -3.43. The molecule has 1 heterocycles. The zero-order valence-corrected chi connectivity index (χ0v) is 12.5. The van der Waals surface area contributed by atoms with Crippen LogP contribution in [0.5, 0.6) is 0 Å². The number of halogens is 1. The van der Waals surface area contributed by atoms with E-state index >= 15 is 0 Å². The number of aliphatic hydroxyl groups excluding tert-OH is 1. The molecule has 0 spiro atoms. The average Bonchev–Trinajstić information content (AvgIpc) is 2.29. The highest BCUT2D eigenvalue weighted by Gasteiger charge is 2.29. The number of aryl methyl sites for hydroxylation is 1. The molecule has 0 atom stereocenters. The van der Waals surface area contributed by atoms with E-state index in [1.807, 2.05) is 0 Å². The van der Waals surface area contributed by atoms with Crippen molar-refractivity contribution in [3.63, 3.8) is 0 Å². The predicted octanol–water partition coefficient (Wildman–Crippen LogP) is 1.90. The molecular weight excluding hydrogens is 318 g/mol. The zero-order chi connectivity index (χ0) is 13.3. The SMILES string of the molecule is Cc1cc(Br)ccc1S(=O)(=O)N1CCC(O)CC1. The molecule has 0 unspecified atom stereocenters. The Labute approximate surface area is 116 Å². The Hall–Kier alpha value is -0.430. The van der Waals surface area contributed by atoms with Crippen LogP contribution < -0.4 is 0 Å². The van der Waals surface area contributed by atoms with Crippen LogP contribution >= 0.6 is 15.9 Å². The highest BCUT2D eigenvalue weighted by molar-refractivity contribution is 9.10. The van der Waals surface area contributed by atoms with Crippen molar-refractivity contribution in [2.45, 2.75) is 30.8 Å². The van der Waals surface area contributed by atoms with Crippen molar-refractivity contribution in [2.75, 3.05) is 13.1 Å². The zero-order valence-electron chi connectivity index (χ0n) is 10.1. The molecule has 0 amide bonds. The lowest BCUT2D eigenvalue weighted by molar-refractivity contribution is 0.113. The normalized spacial score (nSPS) is 19.1. The molecule has 4 nitrogen and oxygen atoms in total. The van der Waals surface area contributed by atoms with Gasteiger partial charge in [0.15, 0.2) is 0 Å². The lowest BCUT2D eigenvalue weighted by atomic mass is 10.1. The van der Waals surface area contributed by atoms with Crippen LogP contribution in [0.2, 0.25) is 0 Å². The molecule has 0 radical (unpaired) electrons. The lowest BCUT2D eigenvalue weighted by Crippen LogP contribution is -2.40. The summed E-state index contributed by atoms with van der Waals surface area (Å²) in [5.74, 6) is 0. The molecule has 0 aliphatic carbocycles. The standard InChI is InChI=1S/C12H16BrNO3S/c1-9-8-10(13)2-3-12(9)18(16,17)14-6-4-11(15)5-7-14/h2-3,8,11,15H,4-7H2,1H3. The Balaban J connectivity index is 2.30. The summed E-state index contributed by atoms with van der Waals surface area (Å²) in [6.45, 7) is 2.56. The number of sulfonamides is 1. The summed E-state index contributed by atoms with van der Waals surface area (Å²) in [6, 6.07) is 5.16. The summed E-state index contributed by atoms with van der Waals surface area (Å²) in [4.78, 5) is 0.349. The van der Waals surface area contributed by atoms with Crippen molar-refractivity contribution >= 4 is 26.0 Å². The van der Waals surface area contributed by atoms with Crippen LogP contribution in [0.15, 0.2) is 27.6 Å². The van der Waals surface area contributed by atoms with E-state index in [1.54, 1.807) is 25.1 Å². The number of rotatable bonds is 2.